The van der Waals surface area contributed by atoms with Crippen molar-refractivity contribution >= 4 is 16.7 Å². The fourth-order valence-corrected chi connectivity index (χ4v) is 5.60. The molecular formula is C24H34N4O. The molecule has 3 aliphatic rings. The molecule has 1 aliphatic heterocycles. The van der Waals surface area contributed by atoms with Crippen LogP contribution in [0.1, 0.15) is 69.3 Å². The number of anilines is 1. The molecule has 2 saturated carbocycles. The number of hydrogen-bond donors (Lipinski definition) is 1. The van der Waals surface area contributed by atoms with Gasteiger partial charge in [0.1, 0.15) is 12.1 Å². The topological polar surface area (TPSA) is 50.3 Å². The maximum atomic E-state index is 5.52. The zero-order chi connectivity index (χ0) is 19.5. The Morgan fingerprint density at radius 1 is 0.897 bits per heavy atom. The molecule has 29 heavy (non-hydrogen) atoms. The molecule has 5 heteroatoms. The van der Waals surface area contributed by atoms with E-state index in [2.05, 4.69) is 38.4 Å². The van der Waals surface area contributed by atoms with Gasteiger partial charge in [-0.05, 0) is 62.1 Å². The number of hydrogen-bond acceptors (Lipinski definition) is 5. The van der Waals surface area contributed by atoms with E-state index < -0.39 is 0 Å². The maximum absolute atomic E-state index is 5.52. The van der Waals surface area contributed by atoms with Crippen molar-refractivity contribution in [2.45, 2.75) is 75.8 Å². The van der Waals surface area contributed by atoms with Crippen molar-refractivity contribution in [2.24, 2.45) is 0 Å². The lowest BCUT2D eigenvalue weighted by Gasteiger charge is -2.39. The Kier molecular flexibility index (Phi) is 5.95. The molecule has 2 aliphatic carbocycles. The van der Waals surface area contributed by atoms with Crippen molar-refractivity contribution in [2.75, 3.05) is 31.6 Å². The lowest BCUT2D eigenvalue weighted by atomic mass is 9.84. The third-order valence-corrected chi connectivity index (χ3v) is 7.34. The Morgan fingerprint density at radius 2 is 1.69 bits per heavy atom. The Bertz CT molecular complexity index is 806. The number of rotatable bonds is 4. The number of nitrogens with one attached hydrogen (secondary N) is 1. The second-order valence-corrected chi connectivity index (χ2v) is 9.13. The van der Waals surface area contributed by atoms with E-state index in [0.717, 1.165) is 43.7 Å². The molecule has 156 valence electrons. The lowest BCUT2D eigenvalue weighted by Crippen LogP contribution is -2.46. The number of fused-ring (bicyclic) bond motifs is 1. The van der Waals surface area contributed by atoms with Crippen molar-refractivity contribution in [3.8, 4) is 0 Å². The van der Waals surface area contributed by atoms with Gasteiger partial charge in [-0.15, -0.1) is 0 Å². The van der Waals surface area contributed by atoms with Crippen molar-refractivity contribution in [1.29, 1.82) is 0 Å². The second kappa shape index (κ2) is 8.97. The summed E-state index contributed by atoms with van der Waals surface area (Å²) in [7, 11) is 0. The molecule has 0 bridgehead atoms. The summed E-state index contributed by atoms with van der Waals surface area (Å²) in [5, 5.41) is 4.98. The molecule has 2 aromatic rings. The molecule has 1 aromatic carbocycles. The van der Waals surface area contributed by atoms with Gasteiger partial charge in [0.25, 0.3) is 0 Å². The third-order valence-electron chi connectivity index (χ3n) is 7.34. The first-order valence-electron chi connectivity index (χ1n) is 11.7. The molecule has 2 heterocycles. The van der Waals surface area contributed by atoms with Crippen LogP contribution in [0.4, 0.5) is 5.82 Å². The lowest BCUT2D eigenvalue weighted by molar-refractivity contribution is 0.00791. The first kappa shape index (κ1) is 19.3. The van der Waals surface area contributed by atoms with Crippen LogP contribution < -0.4 is 5.32 Å². The zero-order valence-corrected chi connectivity index (χ0v) is 17.5. The maximum Gasteiger partial charge on any atom is 0.137 e. The van der Waals surface area contributed by atoms with Gasteiger partial charge in [0.05, 0.1) is 18.7 Å². The fraction of sp³-hybridized carbons (Fsp3) is 0.667. The second-order valence-electron chi connectivity index (χ2n) is 9.13. The van der Waals surface area contributed by atoms with Gasteiger partial charge < -0.3 is 10.1 Å². The predicted molar refractivity (Wildman–Crippen MR) is 117 cm³/mol. The summed E-state index contributed by atoms with van der Waals surface area (Å²) in [6, 6.07) is 8.11. The van der Waals surface area contributed by atoms with Crippen molar-refractivity contribution in [1.82, 2.24) is 14.9 Å². The van der Waals surface area contributed by atoms with Gasteiger partial charge in [-0.2, -0.15) is 0 Å². The summed E-state index contributed by atoms with van der Waals surface area (Å²) in [6.45, 7) is 4.00. The zero-order valence-electron chi connectivity index (χ0n) is 17.5. The number of morpholine rings is 1. The van der Waals surface area contributed by atoms with Gasteiger partial charge in [-0.1, -0.05) is 25.3 Å². The SMILES string of the molecule is c1nc(NC2CCC(N3CCOCC3)CC2)c2cc(C3CCCCC3)ccc2n1. The highest BCUT2D eigenvalue weighted by atomic mass is 16.5. The van der Waals surface area contributed by atoms with Crippen molar-refractivity contribution < 1.29 is 4.74 Å². The van der Waals surface area contributed by atoms with Gasteiger partial charge in [-0.3, -0.25) is 4.90 Å². The summed E-state index contributed by atoms with van der Waals surface area (Å²) >= 11 is 0. The highest BCUT2D eigenvalue weighted by Crippen LogP contribution is 2.35. The first-order chi connectivity index (χ1) is 14.4. The van der Waals surface area contributed by atoms with E-state index >= 15 is 0 Å². The molecule has 1 saturated heterocycles. The summed E-state index contributed by atoms with van der Waals surface area (Å²) in [5.41, 5.74) is 2.54. The minimum Gasteiger partial charge on any atom is -0.379 e. The predicted octanol–water partition coefficient (Wildman–Crippen LogP) is 4.73. The van der Waals surface area contributed by atoms with Crippen LogP contribution >= 0.6 is 0 Å². The van der Waals surface area contributed by atoms with E-state index in [-0.39, 0.29) is 0 Å². The van der Waals surface area contributed by atoms with Crippen LogP contribution in [0.5, 0.6) is 0 Å². The van der Waals surface area contributed by atoms with Crippen LogP contribution in [-0.4, -0.2) is 53.3 Å². The van der Waals surface area contributed by atoms with Gasteiger partial charge in [0, 0.05) is 30.6 Å². The van der Waals surface area contributed by atoms with E-state index in [1.807, 2.05) is 0 Å². The van der Waals surface area contributed by atoms with Crippen LogP contribution in [0.15, 0.2) is 24.5 Å². The monoisotopic (exact) mass is 394 g/mol. The molecule has 0 amide bonds. The number of benzene rings is 1. The number of nitrogens with zero attached hydrogens (tertiary/aromatic N) is 3. The van der Waals surface area contributed by atoms with Gasteiger partial charge in [0.2, 0.25) is 0 Å². The Labute approximate surface area is 174 Å². The van der Waals surface area contributed by atoms with Gasteiger partial charge in [-0.25, -0.2) is 9.97 Å². The molecule has 0 radical (unpaired) electrons. The summed E-state index contributed by atoms with van der Waals surface area (Å²) in [6.07, 6.45) is 13.5. The van der Waals surface area contributed by atoms with Crippen molar-refractivity contribution in [3.05, 3.63) is 30.1 Å². The Hall–Kier alpha value is -1.72. The van der Waals surface area contributed by atoms with Crippen LogP contribution in [0.2, 0.25) is 0 Å². The van der Waals surface area contributed by atoms with Crippen LogP contribution in [-0.2, 0) is 4.74 Å². The minimum absolute atomic E-state index is 0.517. The highest BCUT2D eigenvalue weighted by molar-refractivity contribution is 5.89. The van der Waals surface area contributed by atoms with E-state index in [1.165, 1.54) is 68.7 Å². The van der Waals surface area contributed by atoms with E-state index in [0.29, 0.717) is 12.0 Å². The standard InChI is InChI=1S/C24H34N4O/c1-2-4-18(5-3-1)19-6-11-23-22(16-19)24(26-17-25-23)27-20-7-9-21(10-8-20)28-12-14-29-15-13-28/h6,11,16-18,20-21H,1-5,7-10,12-15H2,(H,25,26,27). The van der Waals surface area contributed by atoms with Crippen molar-refractivity contribution in [3.63, 3.8) is 0 Å². The average Bonchev–Trinajstić information content (AvgIpc) is 2.81. The Morgan fingerprint density at radius 3 is 2.48 bits per heavy atom. The normalized spacial score (nSPS) is 27.2. The van der Waals surface area contributed by atoms with E-state index in [1.54, 1.807) is 6.33 Å². The van der Waals surface area contributed by atoms with E-state index in [9.17, 15) is 0 Å². The number of aromatic nitrogens is 2. The van der Waals surface area contributed by atoms with Gasteiger partial charge in [0.15, 0.2) is 0 Å². The smallest absolute Gasteiger partial charge is 0.137 e. The largest absolute Gasteiger partial charge is 0.379 e. The average molecular weight is 395 g/mol. The molecule has 3 fully saturated rings. The molecular weight excluding hydrogens is 360 g/mol. The molecule has 0 atom stereocenters. The number of ether oxygens (including phenoxy) is 1. The molecule has 1 aromatic heterocycles. The molecule has 5 rings (SSSR count). The van der Waals surface area contributed by atoms with Crippen LogP contribution in [0, 0.1) is 0 Å². The molecule has 1 N–H and O–H groups in total. The Balaban J connectivity index is 1.27. The first-order valence-corrected chi connectivity index (χ1v) is 11.7. The molecule has 0 unspecified atom stereocenters. The highest BCUT2D eigenvalue weighted by Gasteiger charge is 2.27. The summed E-state index contributed by atoms with van der Waals surface area (Å²) in [5.74, 6) is 1.74. The fourth-order valence-electron chi connectivity index (χ4n) is 5.60. The molecule has 5 nitrogen and oxygen atoms in total. The van der Waals surface area contributed by atoms with E-state index in [4.69, 9.17) is 4.74 Å². The minimum atomic E-state index is 0.517. The van der Waals surface area contributed by atoms with Gasteiger partial charge >= 0.3 is 0 Å². The quantitative estimate of drug-likeness (QED) is 0.812. The summed E-state index contributed by atoms with van der Waals surface area (Å²) in [4.78, 5) is 11.8. The van der Waals surface area contributed by atoms with Crippen LogP contribution in [0.3, 0.4) is 0 Å². The molecule has 0 spiro atoms. The van der Waals surface area contributed by atoms with Crippen LogP contribution in [0.25, 0.3) is 10.9 Å². The summed E-state index contributed by atoms with van der Waals surface area (Å²) < 4.78 is 5.52. The third kappa shape index (κ3) is 4.41.